The third-order valence-corrected chi connectivity index (χ3v) is 3.59. The van der Waals surface area contributed by atoms with Gasteiger partial charge in [-0.25, -0.2) is 0 Å². The van der Waals surface area contributed by atoms with E-state index in [2.05, 4.69) is 46.8 Å². The molecule has 2 heteroatoms. The molecule has 2 heterocycles. The van der Waals surface area contributed by atoms with Crippen LogP contribution in [-0.2, 0) is 6.54 Å². The highest BCUT2D eigenvalue weighted by atomic mass is 15.2. The number of hydrogen-bond donors (Lipinski definition) is 1. The lowest BCUT2D eigenvalue weighted by atomic mass is 10.0. The van der Waals surface area contributed by atoms with E-state index < -0.39 is 0 Å². The molecule has 1 N–H and O–H groups in total. The summed E-state index contributed by atoms with van der Waals surface area (Å²) in [5, 5.41) is 3.48. The third-order valence-electron chi connectivity index (χ3n) is 3.59. The maximum absolute atomic E-state index is 3.48. The van der Waals surface area contributed by atoms with Gasteiger partial charge in [-0.15, -0.1) is 0 Å². The van der Waals surface area contributed by atoms with Crippen molar-refractivity contribution < 1.29 is 0 Å². The summed E-state index contributed by atoms with van der Waals surface area (Å²) in [6, 6.07) is 9.36. The lowest BCUT2D eigenvalue weighted by molar-refractivity contribution is 0.222. The van der Waals surface area contributed by atoms with Crippen LogP contribution in [0.5, 0.6) is 0 Å². The van der Waals surface area contributed by atoms with Crippen molar-refractivity contribution in [3.63, 3.8) is 0 Å². The molecule has 16 heavy (non-hydrogen) atoms. The molecule has 0 saturated carbocycles. The van der Waals surface area contributed by atoms with Gasteiger partial charge in [0.25, 0.3) is 0 Å². The van der Waals surface area contributed by atoms with Crippen LogP contribution < -0.4 is 5.32 Å². The highest BCUT2D eigenvalue weighted by Crippen LogP contribution is 2.23. The molecule has 2 aliphatic heterocycles. The second-order valence-electron chi connectivity index (χ2n) is 4.69. The SMILES string of the molecule is C1=CN([C@@H]2CCCNC2)Cc2ccccc21. The zero-order valence-corrected chi connectivity index (χ0v) is 9.52. The van der Waals surface area contributed by atoms with E-state index in [-0.39, 0.29) is 0 Å². The van der Waals surface area contributed by atoms with Gasteiger partial charge in [-0.1, -0.05) is 24.3 Å². The van der Waals surface area contributed by atoms with Gasteiger partial charge >= 0.3 is 0 Å². The molecule has 0 spiro atoms. The first-order valence-electron chi connectivity index (χ1n) is 6.16. The van der Waals surface area contributed by atoms with Crippen molar-refractivity contribution in [2.45, 2.75) is 25.4 Å². The Morgan fingerprint density at radius 1 is 1.25 bits per heavy atom. The fraction of sp³-hybridized carbons (Fsp3) is 0.429. The molecule has 1 saturated heterocycles. The maximum Gasteiger partial charge on any atom is 0.0433 e. The number of nitrogens with zero attached hydrogens (tertiary/aromatic N) is 1. The molecule has 0 radical (unpaired) electrons. The Labute approximate surface area is 97.0 Å². The number of piperidine rings is 1. The summed E-state index contributed by atoms with van der Waals surface area (Å²) in [5.74, 6) is 0. The molecular formula is C14H18N2. The number of hydrogen-bond acceptors (Lipinski definition) is 2. The van der Waals surface area contributed by atoms with Crippen molar-refractivity contribution in [1.29, 1.82) is 0 Å². The molecule has 3 rings (SSSR count). The lowest BCUT2D eigenvalue weighted by Gasteiger charge is -2.36. The van der Waals surface area contributed by atoms with Crippen molar-refractivity contribution in [3.05, 3.63) is 41.6 Å². The Kier molecular flexibility index (Phi) is 2.66. The fourth-order valence-electron chi connectivity index (χ4n) is 2.63. The van der Waals surface area contributed by atoms with Gasteiger partial charge in [0.15, 0.2) is 0 Å². The van der Waals surface area contributed by atoms with E-state index in [9.17, 15) is 0 Å². The van der Waals surface area contributed by atoms with Crippen LogP contribution in [0.4, 0.5) is 0 Å². The molecule has 1 fully saturated rings. The van der Waals surface area contributed by atoms with E-state index in [1.165, 1.54) is 30.5 Å². The largest absolute Gasteiger partial charge is 0.369 e. The van der Waals surface area contributed by atoms with E-state index in [0.717, 1.165) is 13.1 Å². The predicted octanol–water partition coefficient (Wildman–Crippen LogP) is 2.22. The van der Waals surface area contributed by atoms with E-state index in [0.29, 0.717) is 6.04 Å². The maximum atomic E-state index is 3.48. The first-order valence-corrected chi connectivity index (χ1v) is 6.16. The summed E-state index contributed by atoms with van der Waals surface area (Å²) in [6.07, 6.45) is 7.13. The summed E-state index contributed by atoms with van der Waals surface area (Å²) in [5.41, 5.74) is 2.83. The van der Waals surface area contributed by atoms with Crippen LogP contribution in [0, 0.1) is 0 Å². The molecule has 0 aliphatic carbocycles. The highest BCUT2D eigenvalue weighted by Gasteiger charge is 2.20. The fourth-order valence-corrected chi connectivity index (χ4v) is 2.63. The minimum absolute atomic E-state index is 0.679. The van der Waals surface area contributed by atoms with Gasteiger partial charge in [-0.3, -0.25) is 0 Å². The molecule has 2 nitrogen and oxygen atoms in total. The van der Waals surface area contributed by atoms with E-state index in [1.54, 1.807) is 0 Å². The zero-order chi connectivity index (χ0) is 10.8. The molecule has 0 unspecified atom stereocenters. The van der Waals surface area contributed by atoms with Crippen LogP contribution in [0.25, 0.3) is 6.08 Å². The van der Waals surface area contributed by atoms with Crippen molar-refractivity contribution in [2.24, 2.45) is 0 Å². The summed E-state index contributed by atoms with van der Waals surface area (Å²) >= 11 is 0. The van der Waals surface area contributed by atoms with Gasteiger partial charge in [0, 0.05) is 25.3 Å². The topological polar surface area (TPSA) is 15.3 Å². The van der Waals surface area contributed by atoms with Crippen molar-refractivity contribution >= 4 is 6.08 Å². The first-order chi connectivity index (χ1) is 7.93. The summed E-state index contributed by atoms with van der Waals surface area (Å²) in [4.78, 5) is 2.48. The molecule has 0 amide bonds. The van der Waals surface area contributed by atoms with Crippen molar-refractivity contribution in [1.82, 2.24) is 10.2 Å². The van der Waals surface area contributed by atoms with Gasteiger partial charge in [-0.05, 0) is 36.6 Å². The molecule has 0 aromatic heterocycles. The van der Waals surface area contributed by atoms with E-state index >= 15 is 0 Å². The van der Waals surface area contributed by atoms with Crippen LogP contribution in [0.2, 0.25) is 0 Å². The number of nitrogens with one attached hydrogen (secondary N) is 1. The smallest absolute Gasteiger partial charge is 0.0433 e. The Hall–Kier alpha value is -1.28. The van der Waals surface area contributed by atoms with Gasteiger partial charge < -0.3 is 10.2 Å². The highest BCUT2D eigenvalue weighted by molar-refractivity contribution is 5.55. The minimum Gasteiger partial charge on any atom is -0.369 e. The normalized spacial score (nSPS) is 24.2. The molecule has 1 aromatic rings. The quantitative estimate of drug-likeness (QED) is 0.771. The second-order valence-corrected chi connectivity index (χ2v) is 4.69. The van der Waals surface area contributed by atoms with Crippen molar-refractivity contribution in [2.75, 3.05) is 13.1 Å². The zero-order valence-electron chi connectivity index (χ0n) is 9.52. The average Bonchev–Trinajstić information content (AvgIpc) is 2.39. The Morgan fingerprint density at radius 2 is 2.19 bits per heavy atom. The molecular weight excluding hydrogens is 196 g/mol. The standard InChI is InChI=1S/C14H18N2/c1-2-5-13-11-16(9-7-12(13)4-1)14-6-3-8-15-10-14/h1-2,4-5,7,9,14-15H,3,6,8,10-11H2/t14-/m1/s1. The minimum atomic E-state index is 0.679. The number of benzene rings is 1. The second kappa shape index (κ2) is 4.30. The van der Waals surface area contributed by atoms with Crippen molar-refractivity contribution in [3.8, 4) is 0 Å². The molecule has 0 bridgehead atoms. The summed E-state index contributed by atoms with van der Waals surface area (Å²) < 4.78 is 0. The van der Waals surface area contributed by atoms with E-state index in [1.807, 2.05) is 0 Å². The van der Waals surface area contributed by atoms with Gasteiger partial charge in [0.05, 0.1) is 0 Å². The van der Waals surface area contributed by atoms with Gasteiger partial charge in [-0.2, -0.15) is 0 Å². The first kappa shape index (κ1) is 9.91. The average molecular weight is 214 g/mol. The van der Waals surface area contributed by atoms with E-state index in [4.69, 9.17) is 0 Å². The van der Waals surface area contributed by atoms with Crippen LogP contribution >= 0.6 is 0 Å². The third kappa shape index (κ3) is 1.85. The van der Waals surface area contributed by atoms with Crippen LogP contribution in [0.3, 0.4) is 0 Å². The summed E-state index contributed by atoms with van der Waals surface area (Å²) in [6.45, 7) is 3.39. The number of fused-ring (bicyclic) bond motifs is 1. The van der Waals surface area contributed by atoms with Crippen LogP contribution in [-0.4, -0.2) is 24.0 Å². The number of rotatable bonds is 1. The molecule has 1 atom stereocenters. The van der Waals surface area contributed by atoms with Crippen LogP contribution in [0.1, 0.15) is 24.0 Å². The lowest BCUT2D eigenvalue weighted by Crippen LogP contribution is -2.43. The van der Waals surface area contributed by atoms with Crippen LogP contribution in [0.15, 0.2) is 30.5 Å². The molecule has 1 aromatic carbocycles. The van der Waals surface area contributed by atoms with Gasteiger partial charge in [0.2, 0.25) is 0 Å². The molecule has 2 aliphatic rings. The predicted molar refractivity (Wildman–Crippen MR) is 66.9 cm³/mol. The monoisotopic (exact) mass is 214 g/mol. The van der Waals surface area contributed by atoms with Gasteiger partial charge in [0.1, 0.15) is 0 Å². The Morgan fingerprint density at radius 3 is 3.06 bits per heavy atom. The Balaban J connectivity index is 1.77. The molecule has 84 valence electrons. The Bertz CT molecular complexity index is 391. The summed E-state index contributed by atoms with van der Waals surface area (Å²) in [7, 11) is 0.